The molecule has 2 aromatic rings. The predicted octanol–water partition coefficient (Wildman–Crippen LogP) is 3.60. The van der Waals surface area contributed by atoms with Crippen LogP contribution >= 0.6 is 0 Å². The summed E-state index contributed by atoms with van der Waals surface area (Å²) >= 11 is 0. The van der Waals surface area contributed by atoms with Gasteiger partial charge in [0.25, 0.3) is 0 Å². The molecule has 20 heavy (non-hydrogen) atoms. The van der Waals surface area contributed by atoms with Gasteiger partial charge < -0.3 is 5.73 Å². The monoisotopic (exact) mass is 267 g/mol. The molecule has 0 saturated carbocycles. The molecule has 104 valence electrons. The molecule has 0 heterocycles. The van der Waals surface area contributed by atoms with E-state index in [0.29, 0.717) is 6.54 Å². The molecule has 0 radical (unpaired) electrons. The molecule has 0 saturated heterocycles. The van der Waals surface area contributed by atoms with Crippen molar-refractivity contribution in [3.63, 3.8) is 0 Å². The molecule has 0 aliphatic carbocycles. The number of ketones is 1. The van der Waals surface area contributed by atoms with Crippen LogP contribution in [0.2, 0.25) is 0 Å². The van der Waals surface area contributed by atoms with Gasteiger partial charge in [-0.15, -0.1) is 0 Å². The van der Waals surface area contributed by atoms with Crippen LogP contribution in [-0.2, 0) is 0 Å². The van der Waals surface area contributed by atoms with Gasteiger partial charge in [0.1, 0.15) is 0 Å². The molecule has 0 aromatic heterocycles. The SMILES string of the molecule is Cc1ccc(C)c(C(=O)c2cccc(C(C)CN)c2)c1. The molecule has 2 heteroatoms. The third kappa shape index (κ3) is 2.97. The Balaban J connectivity index is 2.41. The average Bonchev–Trinajstić information content (AvgIpc) is 2.48. The van der Waals surface area contributed by atoms with Crippen LogP contribution in [0.3, 0.4) is 0 Å². The van der Waals surface area contributed by atoms with E-state index < -0.39 is 0 Å². The Morgan fingerprint density at radius 2 is 1.90 bits per heavy atom. The fourth-order valence-electron chi connectivity index (χ4n) is 2.26. The first-order chi connectivity index (χ1) is 9.52. The number of carbonyl (C=O) groups is 1. The quantitative estimate of drug-likeness (QED) is 0.860. The molecular weight excluding hydrogens is 246 g/mol. The van der Waals surface area contributed by atoms with Crippen LogP contribution in [0, 0.1) is 13.8 Å². The first kappa shape index (κ1) is 14.5. The maximum absolute atomic E-state index is 12.7. The summed E-state index contributed by atoms with van der Waals surface area (Å²) in [4.78, 5) is 12.7. The number of nitrogens with two attached hydrogens (primary N) is 1. The molecule has 2 aromatic carbocycles. The highest BCUT2D eigenvalue weighted by Crippen LogP contribution is 2.20. The van der Waals surface area contributed by atoms with E-state index >= 15 is 0 Å². The summed E-state index contributed by atoms with van der Waals surface area (Å²) in [5.41, 5.74) is 10.4. The van der Waals surface area contributed by atoms with E-state index in [0.717, 1.165) is 27.8 Å². The van der Waals surface area contributed by atoms with Crippen LogP contribution in [0.25, 0.3) is 0 Å². The Kier molecular flexibility index (Phi) is 4.35. The van der Waals surface area contributed by atoms with Crippen molar-refractivity contribution in [3.05, 3.63) is 70.3 Å². The van der Waals surface area contributed by atoms with Gasteiger partial charge in [0, 0.05) is 11.1 Å². The molecule has 0 spiro atoms. The Morgan fingerprint density at radius 1 is 1.15 bits per heavy atom. The normalized spacial score (nSPS) is 12.2. The van der Waals surface area contributed by atoms with Crippen LogP contribution in [0.15, 0.2) is 42.5 Å². The fraction of sp³-hybridized carbons (Fsp3) is 0.278. The lowest BCUT2D eigenvalue weighted by atomic mass is 9.93. The Bertz CT molecular complexity index is 631. The second-order valence-corrected chi connectivity index (χ2v) is 5.41. The molecule has 0 bridgehead atoms. The highest BCUT2D eigenvalue weighted by atomic mass is 16.1. The van der Waals surface area contributed by atoms with Gasteiger partial charge in [0.15, 0.2) is 5.78 Å². The van der Waals surface area contributed by atoms with Crippen molar-refractivity contribution in [1.29, 1.82) is 0 Å². The van der Waals surface area contributed by atoms with Gasteiger partial charge in [-0.05, 0) is 49.6 Å². The Labute approximate surface area is 120 Å². The van der Waals surface area contributed by atoms with Crippen LogP contribution in [0.5, 0.6) is 0 Å². The van der Waals surface area contributed by atoms with Gasteiger partial charge in [0.2, 0.25) is 0 Å². The van der Waals surface area contributed by atoms with E-state index in [-0.39, 0.29) is 11.7 Å². The van der Waals surface area contributed by atoms with Gasteiger partial charge in [-0.1, -0.05) is 42.8 Å². The largest absolute Gasteiger partial charge is 0.330 e. The lowest BCUT2D eigenvalue weighted by molar-refractivity contribution is 0.103. The van der Waals surface area contributed by atoms with Crippen LogP contribution < -0.4 is 5.73 Å². The number of rotatable bonds is 4. The van der Waals surface area contributed by atoms with E-state index in [9.17, 15) is 4.79 Å². The van der Waals surface area contributed by atoms with E-state index in [1.54, 1.807) is 0 Å². The summed E-state index contributed by atoms with van der Waals surface area (Å²) in [6, 6.07) is 13.8. The van der Waals surface area contributed by atoms with Crippen LogP contribution in [0.1, 0.15) is 45.5 Å². The topological polar surface area (TPSA) is 43.1 Å². The molecule has 2 nitrogen and oxygen atoms in total. The fourth-order valence-corrected chi connectivity index (χ4v) is 2.26. The highest BCUT2D eigenvalue weighted by Gasteiger charge is 2.13. The summed E-state index contributed by atoms with van der Waals surface area (Å²) in [5, 5.41) is 0. The van der Waals surface area contributed by atoms with Crippen molar-refractivity contribution in [2.24, 2.45) is 5.73 Å². The molecule has 0 aliphatic rings. The smallest absolute Gasteiger partial charge is 0.193 e. The number of hydrogen-bond acceptors (Lipinski definition) is 2. The number of benzene rings is 2. The summed E-state index contributed by atoms with van der Waals surface area (Å²) < 4.78 is 0. The first-order valence-corrected chi connectivity index (χ1v) is 6.95. The molecule has 2 rings (SSSR count). The second kappa shape index (κ2) is 6.02. The zero-order valence-electron chi connectivity index (χ0n) is 12.3. The lowest BCUT2D eigenvalue weighted by Crippen LogP contribution is -2.10. The summed E-state index contributed by atoms with van der Waals surface area (Å²) in [6.45, 7) is 6.63. The molecule has 2 N–H and O–H groups in total. The highest BCUT2D eigenvalue weighted by molar-refractivity contribution is 6.10. The molecule has 0 aliphatic heterocycles. The van der Waals surface area contributed by atoms with Crippen molar-refractivity contribution < 1.29 is 4.79 Å². The van der Waals surface area contributed by atoms with Crippen molar-refractivity contribution >= 4 is 5.78 Å². The summed E-state index contributed by atoms with van der Waals surface area (Å²) in [7, 11) is 0. The standard InChI is InChI=1S/C18H21NO/c1-12-7-8-13(2)17(9-12)18(20)16-6-4-5-15(10-16)14(3)11-19/h4-10,14H,11,19H2,1-3H3. The van der Waals surface area contributed by atoms with Gasteiger partial charge in [-0.2, -0.15) is 0 Å². The lowest BCUT2D eigenvalue weighted by Gasteiger charge is -2.11. The maximum atomic E-state index is 12.7. The maximum Gasteiger partial charge on any atom is 0.193 e. The number of aryl methyl sites for hydroxylation is 2. The van der Waals surface area contributed by atoms with Crippen molar-refractivity contribution in [2.75, 3.05) is 6.54 Å². The van der Waals surface area contributed by atoms with Crippen LogP contribution in [-0.4, -0.2) is 12.3 Å². The zero-order valence-corrected chi connectivity index (χ0v) is 12.3. The first-order valence-electron chi connectivity index (χ1n) is 6.95. The molecule has 0 amide bonds. The summed E-state index contributed by atoms with van der Waals surface area (Å²) in [6.07, 6.45) is 0. The molecule has 0 fully saturated rings. The van der Waals surface area contributed by atoms with E-state index in [4.69, 9.17) is 5.73 Å². The van der Waals surface area contributed by atoms with Crippen LogP contribution in [0.4, 0.5) is 0 Å². The summed E-state index contributed by atoms with van der Waals surface area (Å²) in [5.74, 6) is 0.346. The van der Waals surface area contributed by atoms with Crippen molar-refractivity contribution in [1.82, 2.24) is 0 Å². The minimum Gasteiger partial charge on any atom is -0.330 e. The Morgan fingerprint density at radius 3 is 2.60 bits per heavy atom. The third-order valence-corrected chi connectivity index (χ3v) is 3.71. The minimum atomic E-state index is 0.0808. The van der Waals surface area contributed by atoms with Gasteiger partial charge in [-0.25, -0.2) is 0 Å². The second-order valence-electron chi connectivity index (χ2n) is 5.41. The minimum absolute atomic E-state index is 0.0808. The predicted molar refractivity (Wildman–Crippen MR) is 83.3 cm³/mol. The van der Waals surface area contributed by atoms with E-state index in [2.05, 4.69) is 6.92 Å². The van der Waals surface area contributed by atoms with E-state index in [1.165, 1.54) is 0 Å². The van der Waals surface area contributed by atoms with Crippen molar-refractivity contribution in [3.8, 4) is 0 Å². The van der Waals surface area contributed by atoms with E-state index in [1.807, 2.05) is 56.3 Å². The molecule has 1 unspecified atom stereocenters. The van der Waals surface area contributed by atoms with Gasteiger partial charge in [-0.3, -0.25) is 4.79 Å². The zero-order chi connectivity index (χ0) is 14.7. The Hall–Kier alpha value is -1.93. The molecular formula is C18H21NO. The molecule has 1 atom stereocenters. The third-order valence-electron chi connectivity index (χ3n) is 3.71. The number of hydrogen-bond donors (Lipinski definition) is 1. The average molecular weight is 267 g/mol. The van der Waals surface area contributed by atoms with Gasteiger partial charge in [0.05, 0.1) is 0 Å². The van der Waals surface area contributed by atoms with Gasteiger partial charge >= 0.3 is 0 Å². The number of carbonyl (C=O) groups excluding carboxylic acids is 1. The van der Waals surface area contributed by atoms with Crippen molar-refractivity contribution in [2.45, 2.75) is 26.7 Å².